The highest BCUT2D eigenvalue weighted by molar-refractivity contribution is 6.31. The van der Waals surface area contributed by atoms with Gasteiger partial charge in [-0.25, -0.2) is 0 Å². The van der Waals surface area contributed by atoms with Crippen molar-refractivity contribution < 1.29 is 49.1 Å². The Kier molecular flexibility index (Phi) is 12.8. The van der Waals surface area contributed by atoms with E-state index in [1.54, 1.807) is 25.3 Å². The first-order chi connectivity index (χ1) is 18.7. The molecule has 41 heavy (non-hydrogen) atoms. The molecule has 1 rings (SSSR count). The normalized spacial score (nSPS) is 14.8. The number of nitrogens with zero attached hydrogens (tertiary/aromatic N) is 1. The Morgan fingerprint density at radius 1 is 1.07 bits per heavy atom. The van der Waals surface area contributed by atoms with Gasteiger partial charge in [0.25, 0.3) is 5.91 Å². The SMILES string of the molecule is C\C=C/C(Cl)=C(\C=C(/C)C(/C=C/c1ccc(C(=O)N(C)NC(=O)CCC(F)(F)F)c(C(F)(F)F)c1)C(F)(F)F)CC. The molecule has 14 heteroatoms. The Morgan fingerprint density at radius 2 is 1.68 bits per heavy atom. The summed E-state index contributed by atoms with van der Waals surface area (Å²) in [5.41, 5.74) is -0.800. The van der Waals surface area contributed by atoms with E-state index in [0.29, 0.717) is 35.2 Å². The van der Waals surface area contributed by atoms with Crippen molar-refractivity contribution in [3.05, 3.63) is 75.4 Å². The Labute approximate surface area is 236 Å². The summed E-state index contributed by atoms with van der Waals surface area (Å²) < 4.78 is 120. The van der Waals surface area contributed by atoms with E-state index in [-0.39, 0.29) is 16.2 Å². The van der Waals surface area contributed by atoms with Gasteiger partial charge in [0.2, 0.25) is 5.91 Å². The fourth-order valence-corrected chi connectivity index (χ4v) is 3.81. The van der Waals surface area contributed by atoms with Gasteiger partial charge in [-0.3, -0.25) is 20.0 Å². The second kappa shape index (κ2) is 14.6. The fourth-order valence-electron chi connectivity index (χ4n) is 3.50. The molecule has 0 aromatic heterocycles. The molecule has 0 aliphatic carbocycles. The zero-order valence-electron chi connectivity index (χ0n) is 22.4. The van der Waals surface area contributed by atoms with Crippen LogP contribution in [0, 0.1) is 5.92 Å². The van der Waals surface area contributed by atoms with Crippen molar-refractivity contribution in [1.29, 1.82) is 0 Å². The van der Waals surface area contributed by atoms with Crippen LogP contribution in [0.3, 0.4) is 0 Å². The van der Waals surface area contributed by atoms with Crippen LogP contribution in [0.1, 0.15) is 61.5 Å². The summed E-state index contributed by atoms with van der Waals surface area (Å²) in [4.78, 5) is 24.2. The van der Waals surface area contributed by atoms with Gasteiger partial charge in [-0.15, -0.1) is 0 Å². The van der Waals surface area contributed by atoms with Crippen LogP contribution in [0.5, 0.6) is 0 Å². The molecule has 4 nitrogen and oxygen atoms in total. The molecular weight excluding hydrogens is 591 g/mol. The highest BCUT2D eigenvalue weighted by Gasteiger charge is 2.39. The molecule has 1 unspecified atom stereocenters. The maximum absolute atomic E-state index is 13.8. The lowest BCUT2D eigenvalue weighted by Gasteiger charge is -2.21. The van der Waals surface area contributed by atoms with Gasteiger partial charge in [-0.05, 0) is 49.6 Å². The highest BCUT2D eigenvalue weighted by Crippen LogP contribution is 2.36. The molecule has 0 spiro atoms. The van der Waals surface area contributed by atoms with E-state index in [2.05, 4.69) is 0 Å². The number of amides is 2. The van der Waals surface area contributed by atoms with Gasteiger partial charge in [-0.1, -0.05) is 54.5 Å². The van der Waals surface area contributed by atoms with Crippen LogP contribution in [0.2, 0.25) is 0 Å². The van der Waals surface area contributed by atoms with Crippen LogP contribution in [-0.4, -0.2) is 36.2 Å². The lowest BCUT2D eigenvalue weighted by atomic mass is 9.94. The molecule has 1 aromatic carbocycles. The molecule has 0 radical (unpaired) electrons. The molecule has 1 aromatic rings. The second-order valence-corrected chi connectivity index (χ2v) is 9.22. The van der Waals surface area contributed by atoms with Crippen molar-refractivity contribution in [2.75, 3.05) is 7.05 Å². The summed E-state index contributed by atoms with van der Waals surface area (Å²) in [6, 6.07) is 2.12. The van der Waals surface area contributed by atoms with Crippen LogP contribution in [-0.2, 0) is 11.0 Å². The lowest BCUT2D eigenvalue weighted by molar-refractivity contribution is -0.151. The number of hydrogen-bond donors (Lipinski definition) is 1. The second-order valence-electron chi connectivity index (χ2n) is 8.81. The first-order valence-electron chi connectivity index (χ1n) is 12.0. The third-order valence-electron chi connectivity index (χ3n) is 5.54. The number of nitrogens with one attached hydrogen (secondary N) is 1. The van der Waals surface area contributed by atoms with Crippen LogP contribution in [0.25, 0.3) is 6.08 Å². The van der Waals surface area contributed by atoms with Gasteiger partial charge in [0.05, 0.1) is 23.5 Å². The lowest BCUT2D eigenvalue weighted by Crippen LogP contribution is -2.44. The van der Waals surface area contributed by atoms with Crippen molar-refractivity contribution in [3.8, 4) is 0 Å². The summed E-state index contributed by atoms with van der Waals surface area (Å²) in [6.45, 7) is 4.57. The van der Waals surface area contributed by atoms with E-state index in [1.807, 2.05) is 0 Å². The molecule has 0 bridgehead atoms. The summed E-state index contributed by atoms with van der Waals surface area (Å²) in [7, 11) is 0.840. The number of hydrogen-bond acceptors (Lipinski definition) is 2. The van der Waals surface area contributed by atoms with Gasteiger partial charge in [-0.2, -0.15) is 39.5 Å². The molecule has 0 saturated carbocycles. The molecule has 1 N–H and O–H groups in total. The molecular formula is C27H28ClF9N2O2. The largest absolute Gasteiger partial charge is 0.417 e. The monoisotopic (exact) mass is 618 g/mol. The smallest absolute Gasteiger partial charge is 0.273 e. The Morgan fingerprint density at radius 3 is 2.17 bits per heavy atom. The Balaban J connectivity index is 3.39. The van der Waals surface area contributed by atoms with E-state index >= 15 is 0 Å². The zero-order chi connectivity index (χ0) is 31.8. The maximum Gasteiger partial charge on any atom is 0.417 e. The quantitative estimate of drug-likeness (QED) is 0.171. The van der Waals surface area contributed by atoms with E-state index < -0.39 is 60.2 Å². The van der Waals surface area contributed by atoms with Crippen LogP contribution < -0.4 is 5.43 Å². The average molecular weight is 619 g/mol. The molecule has 0 fully saturated rings. The van der Waals surface area contributed by atoms with E-state index in [1.165, 1.54) is 19.1 Å². The molecule has 0 saturated heterocycles. The summed E-state index contributed by atoms with van der Waals surface area (Å²) in [5.74, 6) is -4.84. The van der Waals surface area contributed by atoms with Crippen molar-refractivity contribution in [2.24, 2.45) is 5.92 Å². The number of hydrazine groups is 1. The Bertz CT molecular complexity index is 1210. The minimum Gasteiger partial charge on any atom is -0.273 e. The van der Waals surface area contributed by atoms with Crippen molar-refractivity contribution in [1.82, 2.24) is 10.4 Å². The van der Waals surface area contributed by atoms with Crippen LogP contribution >= 0.6 is 11.6 Å². The van der Waals surface area contributed by atoms with E-state index in [0.717, 1.165) is 19.2 Å². The van der Waals surface area contributed by atoms with Gasteiger partial charge in [0, 0.05) is 18.5 Å². The summed E-state index contributed by atoms with van der Waals surface area (Å²) in [6.07, 6.45) is -11.0. The van der Waals surface area contributed by atoms with Crippen molar-refractivity contribution in [3.63, 3.8) is 0 Å². The third kappa shape index (κ3) is 11.7. The third-order valence-corrected chi connectivity index (χ3v) is 5.91. The molecule has 2 amide bonds. The minimum absolute atomic E-state index is 0.168. The van der Waals surface area contributed by atoms with Crippen molar-refractivity contribution >= 4 is 29.5 Å². The number of rotatable bonds is 9. The number of halogens is 10. The average Bonchev–Trinajstić information content (AvgIpc) is 2.83. The van der Waals surface area contributed by atoms with Gasteiger partial charge >= 0.3 is 18.5 Å². The van der Waals surface area contributed by atoms with E-state index in [4.69, 9.17) is 11.6 Å². The highest BCUT2D eigenvalue weighted by atomic mass is 35.5. The topological polar surface area (TPSA) is 49.4 Å². The number of benzene rings is 1. The molecule has 1 atom stereocenters. The number of allylic oxidation sites excluding steroid dienone is 7. The molecule has 0 aliphatic heterocycles. The standard InChI is InChI=1S/C27H28ClF9N2O2/c1-5-7-22(28)18(6-2)14-16(3)20(26(32,33)34)11-9-17-8-10-19(21(15-17)27(35,36)37)24(41)39(4)38-23(40)12-13-25(29,30)31/h5,7-11,14-15,20H,6,12-13H2,1-4H3,(H,38,40)/b7-5-,11-9+,16-14+,22-18+. The number of alkyl halides is 9. The molecule has 0 aliphatic rings. The van der Waals surface area contributed by atoms with Crippen LogP contribution in [0.4, 0.5) is 39.5 Å². The first-order valence-corrected chi connectivity index (χ1v) is 12.4. The maximum atomic E-state index is 13.8. The summed E-state index contributed by atoms with van der Waals surface area (Å²) in [5, 5.41) is 0.528. The Hall–Kier alpha value is -3.22. The van der Waals surface area contributed by atoms with Gasteiger partial charge in [0.1, 0.15) is 0 Å². The van der Waals surface area contributed by atoms with E-state index in [9.17, 15) is 49.1 Å². The first kappa shape index (κ1) is 35.8. The van der Waals surface area contributed by atoms with Gasteiger partial charge in [0.15, 0.2) is 0 Å². The van der Waals surface area contributed by atoms with Crippen LogP contribution in [0.15, 0.2) is 58.7 Å². The fraction of sp³-hybridized carbons (Fsp3) is 0.407. The molecule has 228 valence electrons. The predicted molar refractivity (Wildman–Crippen MR) is 137 cm³/mol. The zero-order valence-corrected chi connectivity index (χ0v) is 23.1. The number of carbonyl (C=O) groups excluding carboxylic acids is 2. The van der Waals surface area contributed by atoms with Crippen molar-refractivity contribution in [2.45, 2.75) is 58.6 Å². The predicted octanol–water partition coefficient (Wildman–Crippen LogP) is 8.77. The van der Waals surface area contributed by atoms with Gasteiger partial charge < -0.3 is 0 Å². The number of carbonyl (C=O) groups is 2. The minimum atomic E-state index is -5.14. The molecule has 0 heterocycles. The summed E-state index contributed by atoms with van der Waals surface area (Å²) >= 11 is 6.11.